The number of carbonyl (C=O) groups is 1. The molecule has 1 aromatic carbocycles. The molecule has 2 N–H and O–H groups in total. The Balaban J connectivity index is 2.99. The molecule has 114 valence electrons. The summed E-state index contributed by atoms with van der Waals surface area (Å²) in [6, 6.07) is 5.50. The highest BCUT2D eigenvalue weighted by Gasteiger charge is 2.16. The first-order chi connectivity index (χ1) is 10.2. The van der Waals surface area contributed by atoms with Crippen LogP contribution in [0.1, 0.15) is 41.3 Å². The van der Waals surface area contributed by atoms with Crippen molar-refractivity contribution in [1.82, 2.24) is 4.90 Å². The summed E-state index contributed by atoms with van der Waals surface area (Å²) < 4.78 is 0. The van der Waals surface area contributed by atoms with Crippen molar-refractivity contribution in [2.75, 3.05) is 26.3 Å². The maximum Gasteiger partial charge on any atom is 0.254 e. The van der Waals surface area contributed by atoms with Gasteiger partial charge in [0.05, 0.1) is 6.61 Å². The lowest BCUT2D eigenvalue weighted by atomic mass is 10.0. The van der Waals surface area contributed by atoms with Gasteiger partial charge in [-0.25, -0.2) is 0 Å². The molecular formula is C17H23NO3. The Labute approximate surface area is 126 Å². The van der Waals surface area contributed by atoms with E-state index in [4.69, 9.17) is 10.2 Å². The van der Waals surface area contributed by atoms with E-state index in [-0.39, 0.29) is 19.1 Å². The zero-order valence-electron chi connectivity index (χ0n) is 12.7. The molecule has 0 heterocycles. The summed E-state index contributed by atoms with van der Waals surface area (Å²) in [5.41, 5.74) is 2.31. The minimum Gasteiger partial charge on any atom is -0.396 e. The van der Waals surface area contributed by atoms with E-state index in [9.17, 15) is 4.79 Å². The molecule has 0 aliphatic rings. The lowest BCUT2D eigenvalue weighted by Crippen LogP contribution is -2.32. The van der Waals surface area contributed by atoms with Crippen molar-refractivity contribution in [2.45, 2.75) is 26.7 Å². The van der Waals surface area contributed by atoms with E-state index < -0.39 is 0 Å². The summed E-state index contributed by atoms with van der Waals surface area (Å²) in [6.45, 7) is 5.08. The van der Waals surface area contributed by atoms with Crippen molar-refractivity contribution in [3.05, 3.63) is 34.9 Å². The number of aliphatic hydroxyl groups is 2. The zero-order chi connectivity index (χ0) is 15.7. The highest BCUT2D eigenvalue weighted by atomic mass is 16.3. The van der Waals surface area contributed by atoms with Crippen LogP contribution in [0.4, 0.5) is 0 Å². The maximum absolute atomic E-state index is 12.5. The SMILES string of the molecule is CCN(CCCO)C(=O)c1cccc(C#CCCO)c1C. The summed E-state index contributed by atoms with van der Waals surface area (Å²) in [4.78, 5) is 14.3. The third kappa shape index (κ3) is 4.89. The fraction of sp³-hybridized carbons (Fsp3) is 0.471. The number of aliphatic hydroxyl groups excluding tert-OH is 2. The first kappa shape index (κ1) is 17.2. The van der Waals surface area contributed by atoms with E-state index in [0.29, 0.717) is 31.5 Å². The van der Waals surface area contributed by atoms with Crippen LogP contribution in [-0.2, 0) is 0 Å². The van der Waals surface area contributed by atoms with E-state index in [2.05, 4.69) is 11.8 Å². The van der Waals surface area contributed by atoms with Crippen LogP contribution >= 0.6 is 0 Å². The summed E-state index contributed by atoms with van der Waals surface area (Å²) in [5.74, 6) is 5.83. The van der Waals surface area contributed by atoms with E-state index >= 15 is 0 Å². The van der Waals surface area contributed by atoms with Gasteiger partial charge >= 0.3 is 0 Å². The lowest BCUT2D eigenvalue weighted by Gasteiger charge is -2.21. The molecule has 0 unspecified atom stereocenters. The minimum absolute atomic E-state index is 0.0331. The first-order valence-corrected chi connectivity index (χ1v) is 7.25. The Hall–Kier alpha value is -1.83. The molecule has 0 atom stereocenters. The molecule has 21 heavy (non-hydrogen) atoms. The number of nitrogens with zero attached hydrogens (tertiary/aromatic N) is 1. The summed E-state index contributed by atoms with van der Waals surface area (Å²) in [7, 11) is 0. The Morgan fingerprint density at radius 2 is 2.05 bits per heavy atom. The predicted octanol–water partition coefficient (Wildman–Crippen LogP) is 1.57. The Morgan fingerprint density at radius 3 is 2.67 bits per heavy atom. The van der Waals surface area contributed by atoms with Gasteiger partial charge in [-0.2, -0.15) is 0 Å². The standard InChI is InChI=1S/C17H23NO3/c1-3-18(11-7-13-20)17(21)16-10-6-9-15(14(16)2)8-4-5-12-19/h6,9-10,19-20H,3,5,7,11-13H2,1-2H3. The molecule has 1 rings (SSSR count). The predicted molar refractivity (Wildman–Crippen MR) is 83.0 cm³/mol. The number of carbonyl (C=O) groups excluding carboxylic acids is 1. The Morgan fingerprint density at radius 1 is 1.29 bits per heavy atom. The van der Waals surface area contributed by atoms with Crippen LogP contribution in [0.5, 0.6) is 0 Å². The Bertz CT molecular complexity index is 529. The molecule has 0 aliphatic carbocycles. The van der Waals surface area contributed by atoms with Gasteiger partial charge < -0.3 is 15.1 Å². The molecule has 4 nitrogen and oxygen atoms in total. The second-order valence-electron chi connectivity index (χ2n) is 4.72. The summed E-state index contributed by atoms with van der Waals surface area (Å²) in [6.07, 6.45) is 1.00. The first-order valence-electron chi connectivity index (χ1n) is 7.25. The molecule has 0 saturated carbocycles. The average molecular weight is 289 g/mol. The van der Waals surface area contributed by atoms with Gasteiger partial charge in [0.15, 0.2) is 0 Å². The van der Waals surface area contributed by atoms with Crippen LogP contribution in [0.15, 0.2) is 18.2 Å². The van der Waals surface area contributed by atoms with Crippen LogP contribution in [0, 0.1) is 18.8 Å². The quantitative estimate of drug-likeness (QED) is 0.782. The number of hydrogen-bond donors (Lipinski definition) is 2. The van der Waals surface area contributed by atoms with E-state index in [1.54, 1.807) is 11.0 Å². The second kappa shape index (κ2) is 9.17. The van der Waals surface area contributed by atoms with Crippen molar-refractivity contribution < 1.29 is 15.0 Å². The van der Waals surface area contributed by atoms with Crippen LogP contribution in [0.3, 0.4) is 0 Å². The highest BCUT2D eigenvalue weighted by molar-refractivity contribution is 5.96. The Kier molecular flexibility index (Phi) is 7.52. The van der Waals surface area contributed by atoms with Crippen molar-refractivity contribution in [3.8, 4) is 11.8 Å². The van der Waals surface area contributed by atoms with Crippen LogP contribution < -0.4 is 0 Å². The minimum atomic E-state index is -0.0331. The van der Waals surface area contributed by atoms with E-state index in [1.807, 2.05) is 26.0 Å². The van der Waals surface area contributed by atoms with Crippen molar-refractivity contribution >= 4 is 5.91 Å². The fourth-order valence-corrected chi connectivity index (χ4v) is 2.05. The molecule has 0 saturated heterocycles. The normalized spacial score (nSPS) is 9.90. The molecule has 0 spiro atoms. The van der Waals surface area contributed by atoms with Gasteiger partial charge in [0, 0.05) is 37.2 Å². The van der Waals surface area contributed by atoms with Gasteiger partial charge in [0.1, 0.15) is 0 Å². The van der Waals surface area contributed by atoms with Gasteiger partial charge in [-0.1, -0.05) is 17.9 Å². The maximum atomic E-state index is 12.5. The van der Waals surface area contributed by atoms with Gasteiger partial charge in [0.2, 0.25) is 0 Å². The number of hydrogen-bond acceptors (Lipinski definition) is 3. The van der Waals surface area contributed by atoms with Gasteiger partial charge in [-0.15, -0.1) is 0 Å². The molecule has 1 amide bonds. The van der Waals surface area contributed by atoms with Gasteiger partial charge in [-0.05, 0) is 38.0 Å². The summed E-state index contributed by atoms with van der Waals surface area (Å²) in [5, 5.41) is 17.7. The highest BCUT2D eigenvalue weighted by Crippen LogP contribution is 2.15. The van der Waals surface area contributed by atoms with Crippen LogP contribution in [-0.4, -0.2) is 47.3 Å². The zero-order valence-corrected chi connectivity index (χ0v) is 12.7. The van der Waals surface area contributed by atoms with Crippen LogP contribution in [0.25, 0.3) is 0 Å². The lowest BCUT2D eigenvalue weighted by molar-refractivity contribution is 0.0753. The molecule has 1 aromatic rings. The van der Waals surface area contributed by atoms with Crippen molar-refractivity contribution in [2.24, 2.45) is 0 Å². The number of amides is 1. The average Bonchev–Trinajstić information content (AvgIpc) is 2.49. The van der Waals surface area contributed by atoms with E-state index in [1.165, 1.54) is 0 Å². The second-order valence-corrected chi connectivity index (χ2v) is 4.72. The number of rotatable bonds is 6. The molecule has 0 fully saturated rings. The molecular weight excluding hydrogens is 266 g/mol. The van der Waals surface area contributed by atoms with Crippen molar-refractivity contribution in [3.63, 3.8) is 0 Å². The molecule has 0 radical (unpaired) electrons. The molecule has 0 aliphatic heterocycles. The van der Waals surface area contributed by atoms with E-state index in [0.717, 1.165) is 11.1 Å². The topological polar surface area (TPSA) is 60.8 Å². The molecule has 0 aromatic heterocycles. The van der Waals surface area contributed by atoms with Gasteiger partial charge in [-0.3, -0.25) is 4.79 Å². The fourth-order valence-electron chi connectivity index (χ4n) is 2.05. The monoisotopic (exact) mass is 289 g/mol. The largest absolute Gasteiger partial charge is 0.396 e. The third-order valence-corrected chi connectivity index (χ3v) is 3.28. The van der Waals surface area contributed by atoms with Crippen LogP contribution in [0.2, 0.25) is 0 Å². The number of benzene rings is 1. The molecule has 4 heteroatoms. The molecule has 0 bridgehead atoms. The smallest absolute Gasteiger partial charge is 0.254 e. The van der Waals surface area contributed by atoms with Crippen molar-refractivity contribution in [1.29, 1.82) is 0 Å². The summed E-state index contributed by atoms with van der Waals surface area (Å²) >= 11 is 0. The van der Waals surface area contributed by atoms with Gasteiger partial charge in [0.25, 0.3) is 5.91 Å². The third-order valence-electron chi connectivity index (χ3n) is 3.28.